The Bertz CT molecular complexity index is 2030. The second kappa shape index (κ2) is 17.7. The van der Waals surface area contributed by atoms with Crippen molar-refractivity contribution in [3.8, 4) is 11.5 Å². The van der Waals surface area contributed by atoms with E-state index in [2.05, 4.69) is 126 Å². The van der Waals surface area contributed by atoms with Crippen LogP contribution in [-0.4, -0.2) is 35.2 Å². The van der Waals surface area contributed by atoms with Gasteiger partial charge in [0.2, 0.25) is 0 Å². The van der Waals surface area contributed by atoms with Crippen LogP contribution in [0.4, 0.5) is 0 Å². The molecule has 0 N–H and O–H groups in total. The molecule has 1 fully saturated rings. The minimum absolute atomic E-state index is 0.0635. The van der Waals surface area contributed by atoms with Crippen molar-refractivity contribution >= 4 is 43.0 Å². The second-order valence-corrected chi connectivity index (χ2v) is 18.5. The molecule has 0 bridgehead atoms. The Balaban J connectivity index is 1.23. The quantitative estimate of drug-likeness (QED) is 0.110. The average Bonchev–Trinajstić information content (AvgIpc) is 3.68. The second-order valence-electron chi connectivity index (χ2n) is 13.6. The van der Waals surface area contributed by atoms with E-state index < -0.39 is 15.8 Å². The first-order valence-corrected chi connectivity index (χ1v) is 21.6. The van der Waals surface area contributed by atoms with Crippen molar-refractivity contribution in [3.05, 3.63) is 217 Å². The first kappa shape index (κ1) is 36.4. The number of nitrogens with zero attached hydrogens (tertiary/aromatic N) is 1. The van der Waals surface area contributed by atoms with Crippen LogP contribution >= 0.6 is 15.8 Å². The molecule has 0 radical (unpaired) electrons. The number of likely N-dealkylation sites (tertiary alicyclic amines) is 1. The van der Waals surface area contributed by atoms with Crippen LogP contribution in [0.15, 0.2) is 200 Å². The molecule has 0 saturated carbocycles. The van der Waals surface area contributed by atoms with E-state index in [1.807, 2.05) is 78.9 Å². The molecular formula is C49H43NO3P2. The van der Waals surface area contributed by atoms with Crippen LogP contribution in [-0.2, 0) is 13.2 Å². The fraction of sp³-hybridized carbons (Fsp3) is 0.122. The smallest absolute Gasteiger partial charge is 0.261 e. The number of benzene rings is 7. The molecule has 1 heterocycles. The third-order valence-corrected chi connectivity index (χ3v) is 16.0. The summed E-state index contributed by atoms with van der Waals surface area (Å²) in [7, 11) is -1.71. The number of hydrogen-bond donors (Lipinski definition) is 0. The zero-order valence-electron chi connectivity index (χ0n) is 30.6. The van der Waals surface area contributed by atoms with Gasteiger partial charge in [0.25, 0.3) is 5.91 Å². The van der Waals surface area contributed by atoms with Gasteiger partial charge in [-0.3, -0.25) is 4.79 Å². The lowest BCUT2D eigenvalue weighted by molar-refractivity contribution is 0.0783. The maximum Gasteiger partial charge on any atom is 0.261 e. The van der Waals surface area contributed by atoms with Gasteiger partial charge in [0.1, 0.15) is 30.3 Å². The van der Waals surface area contributed by atoms with E-state index in [4.69, 9.17) is 9.47 Å². The molecule has 1 aliphatic heterocycles. The molecule has 0 spiro atoms. The highest BCUT2D eigenvalue weighted by atomic mass is 31.1. The molecule has 272 valence electrons. The van der Waals surface area contributed by atoms with E-state index in [0.29, 0.717) is 43.4 Å². The van der Waals surface area contributed by atoms with Gasteiger partial charge >= 0.3 is 0 Å². The topological polar surface area (TPSA) is 38.8 Å². The highest BCUT2D eigenvalue weighted by Gasteiger charge is 2.46. The normalized spacial score (nSPS) is 15.3. The van der Waals surface area contributed by atoms with Crippen LogP contribution in [0.2, 0.25) is 0 Å². The standard InChI is InChI=1S/C49H43NO3P2/c51-49(48-44(52-36-38-20-7-1-8-21-38)32-19-33-45(48)53-37-39-22-9-2-10-23-39)50-34-46(54(40-24-11-3-12-25-40)41-26-13-4-14-27-41)47(35-50)55(42-28-15-5-16-29-42)43-30-17-6-18-31-43/h1-33,46-47H,34-37H2/t46-,47-/m1/s1. The number of carbonyl (C=O) groups is 1. The monoisotopic (exact) mass is 755 g/mol. The highest BCUT2D eigenvalue weighted by Crippen LogP contribution is 2.55. The van der Waals surface area contributed by atoms with Gasteiger partial charge < -0.3 is 14.4 Å². The summed E-state index contributed by atoms with van der Waals surface area (Å²) in [6, 6.07) is 69.6. The van der Waals surface area contributed by atoms with Crippen molar-refractivity contribution < 1.29 is 14.3 Å². The molecule has 1 aliphatic rings. The molecule has 7 aromatic carbocycles. The van der Waals surface area contributed by atoms with Crippen molar-refractivity contribution in [1.29, 1.82) is 0 Å². The lowest BCUT2D eigenvalue weighted by atomic mass is 10.1. The zero-order chi connectivity index (χ0) is 37.2. The van der Waals surface area contributed by atoms with Gasteiger partial charge in [-0.05, 0) is 60.3 Å². The van der Waals surface area contributed by atoms with Crippen LogP contribution in [0.1, 0.15) is 21.5 Å². The molecule has 0 aliphatic carbocycles. The molecule has 6 heteroatoms. The molecular weight excluding hydrogens is 712 g/mol. The van der Waals surface area contributed by atoms with Crippen molar-refractivity contribution in [2.45, 2.75) is 24.5 Å². The Morgan fingerprint density at radius 1 is 0.436 bits per heavy atom. The predicted octanol–water partition coefficient (Wildman–Crippen LogP) is 9.30. The van der Waals surface area contributed by atoms with E-state index in [1.54, 1.807) is 0 Å². The van der Waals surface area contributed by atoms with Crippen molar-refractivity contribution in [2.75, 3.05) is 13.1 Å². The van der Waals surface area contributed by atoms with Crippen LogP contribution < -0.4 is 30.7 Å². The van der Waals surface area contributed by atoms with Gasteiger partial charge in [-0.1, -0.05) is 188 Å². The largest absolute Gasteiger partial charge is 0.488 e. The summed E-state index contributed by atoms with van der Waals surface area (Å²) in [5.41, 5.74) is 2.90. The Kier molecular flexibility index (Phi) is 11.8. The number of amides is 1. The first-order valence-electron chi connectivity index (χ1n) is 18.8. The Morgan fingerprint density at radius 3 is 1.07 bits per heavy atom. The lowest BCUT2D eigenvalue weighted by Crippen LogP contribution is -2.34. The van der Waals surface area contributed by atoms with Gasteiger partial charge in [-0.2, -0.15) is 0 Å². The third-order valence-electron chi connectivity index (χ3n) is 10.0. The van der Waals surface area contributed by atoms with Crippen LogP contribution in [0.5, 0.6) is 11.5 Å². The molecule has 2 atom stereocenters. The van der Waals surface area contributed by atoms with Gasteiger partial charge in [0, 0.05) is 24.4 Å². The maximum atomic E-state index is 15.4. The predicted molar refractivity (Wildman–Crippen MR) is 230 cm³/mol. The SMILES string of the molecule is O=C(c1c(OCc2ccccc2)cccc1OCc1ccccc1)N1C[C@@H](P(c2ccccc2)c2ccccc2)[C@H](P(c2ccccc2)c2ccccc2)C1. The summed E-state index contributed by atoms with van der Waals surface area (Å²) < 4.78 is 13.0. The highest BCUT2D eigenvalue weighted by molar-refractivity contribution is 7.77. The Hall–Kier alpha value is -5.53. The number of carbonyl (C=O) groups excluding carboxylic acids is 1. The number of hydrogen-bond acceptors (Lipinski definition) is 3. The fourth-order valence-electron chi connectivity index (χ4n) is 7.45. The van der Waals surface area contributed by atoms with Crippen LogP contribution in [0, 0.1) is 0 Å². The summed E-state index contributed by atoms with van der Waals surface area (Å²) in [6.07, 6.45) is 0. The summed E-state index contributed by atoms with van der Waals surface area (Å²) in [6.45, 7) is 1.91. The van der Waals surface area contributed by atoms with Gasteiger partial charge in [-0.25, -0.2) is 0 Å². The summed E-state index contributed by atoms with van der Waals surface area (Å²) in [5.74, 6) is 0.994. The van der Waals surface area contributed by atoms with E-state index in [0.717, 1.165) is 11.1 Å². The molecule has 0 unspecified atom stereocenters. The molecule has 0 aromatic heterocycles. The molecule has 1 amide bonds. The van der Waals surface area contributed by atoms with Crippen molar-refractivity contribution in [1.82, 2.24) is 4.90 Å². The van der Waals surface area contributed by atoms with E-state index in [9.17, 15) is 0 Å². The molecule has 8 rings (SSSR count). The summed E-state index contributed by atoms with van der Waals surface area (Å²) >= 11 is 0. The summed E-state index contributed by atoms with van der Waals surface area (Å²) in [4.78, 5) is 17.5. The molecule has 7 aromatic rings. The van der Waals surface area contributed by atoms with Gasteiger partial charge in [0.15, 0.2) is 0 Å². The van der Waals surface area contributed by atoms with E-state index >= 15 is 4.79 Å². The van der Waals surface area contributed by atoms with Gasteiger partial charge in [-0.15, -0.1) is 0 Å². The Labute approximate surface area is 326 Å². The third kappa shape index (κ3) is 8.58. The maximum absolute atomic E-state index is 15.4. The van der Waals surface area contributed by atoms with Crippen LogP contribution in [0.25, 0.3) is 0 Å². The first-order chi connectivity index (χ1) is 27.2. The average molecular weight is 756 g/mol. The minimum atomic E-state index is -0.854. The van der Waals surface area contributed by atoms with Crippen molar-refractivity contribution in [2.24, 2.45) is 0 Å². The number of rotatable bonds is 13. The summed E-state index contributed by atoms with van der Waals surface area (Å²) in [5, 5.41) is 5.29. The molecule has 1 saturated heterocycles. The fourth-order valence-corrected chi connectivity index (χ4v) is 14.0. The lowest BCUT2D eigenvalue weighted by Gasteiger charge is -2.34. The van der Waals surface area contributed by atoms with Gasteiger partial charge in [0.05, 0.1) is 0 Å². The molecule has 4 nitrogen and oxygen atoms in total. The van der Waals surface area contributed by atoms with E-state index in [-0.39, 0.29) is 17.2 Å². The Morgan fingerprint density at radius 2 is 0.745 bits per heavy atom. The zero-order valence-corrected chi connectivity index (χ0v) is 32.4. The number of ether oxygens (including phenoxy) is 2. The molecule has 55 heavy (non-hydrogen) atoms. The van der Waals surface area contributed by atoms with Crippen LogP contribution in [0.3, 0.4) is 0 Å². The van der Waals surface area contributed by atoms with Crippen molar-refractivity contribution in [3.63, 3.8) is 0 Å². The minimum Gasteiger partial charge on any atom is -0.488 e. The van der Waals surface area contributed by atoms with E-state index in [1.165, 1.54) is 21.2 Å².